The van der Waals surface area contributed by atoms with Crippen LogP contribution in [0, 0.1) is 0 Å². The second-order valence-corrected chi connectivity index (χ2v) is 7.45. The summed E-state index contributed by atoms with van der Waals surface area (Å²) in [6.45, 7) is 6.06. The van der Waals surface area contributed by atoms with Crippen LogP contribution >= 0.6 is 0 Å². The van der Waals surface area contributed by atoms with Gasteiger partial charge in [0.05, 0.1) is 21.3 Å². The molecule has 1 saturated heterocycles. The van der Waals surface area contributed by atoms with Gasteiger partial charge in [-0.3, -0.25) is 9.80 Å². The molecule has 0 atom stereocenters. The molecule has 1 N–H and O–H groups in total. The summed E-state index contributed by atoms with van der Waals surface area (Å²) >= 11 is 0. The van der Waals surface area contributed by atoms with Gasteiger partial charge in [-0.15, -0.1) is 0 Å². The van der Waals surface area contributed by atoms with E-state index < -0.39 is 0 Å². The molecule has 29 heavy (non-hydrogen) atoms. The zero-order chi connectivity index (χ0) is 20.2. The van der Waals surface area contributed by atoms with E-state index in [9.17, 15) is 0 Å². The third-order valence-electron chi connectivity index (χ3n) is 5.66. The smallest absolute Gasteiger partial charge is 0.203 e. The van der Waals surface area contributed by atoms with E-state index in [1.54, 1.807) is 21.3 Å². The number of para-hydroxylation sites is 1. The van der Waals surface area contributed by atoms with Crippen molar-refractivity contribution in [1.29, 1.82) is 0 Å². The molecule has 0 saturated carbocycles. The number of piperazine rings is 1. The number of nitrogens with zero attached hydrogens (tertiary/aromatic N) is 2. The van der Waals surface area contributed by atoms with Crippen LogP contribution in [0.5, 0.6) is 17.2 Å². The number of rotatable bonds is 7. The number of methoxy groups -OCH3 is 3. The summed E-state index contributed by atoms with van der Waals surface area (Å²) < 4.78 is 16.4. The molecule has 4 rings (SSSR count). The van der Waals surface area contributed by atoms with Crippen LogP contribution in [0.15, 0.2) is 42.6 Å². The highest BCUT2D eigenvalue weighted by atomic mass is 16.5. The summed E-state index contributed by atoms with van der Waals surface area (Å²) in [7, 11) is 4.95. The van der Waals surface area contributed by atoms with Crippen molar-refractivity contribution in [3.63, 3.8) is 0 Å². The van der Waals surface area contributed by atoms with Crippen molar-refractivity contribution in [2.45, 2.75) is 13.1 Å². The molecule has 0 spiro atoms. The van der Waals surface area contributed by atoms with Crippen molar-refractivity contribution in [3.05, 3.63) is 53.7 Å². The minimum absolute atomic E-state index is 0.641. The van der Waals surface area contributed by atoms with Crippen molar-refractivity contribution >= 4 is 10.9 Å². The summed E-state index contributed by atoms with van der Waals surface area (Å²) in [6, 6.07) is 12.6. The Bertz CT molecular complexity index is 936. The van der Waals surface area contributed by atoms with Gasteiger partial charge in [0.15, 0.2) is 11.5 Å². The Morgan fingerprint density at radius 2 is 1.45 bits per heavy atom. The number of H-pyrrole nitrogens is 1. The molecule has 154 valence electrons. The molecular formula is C23H29N3O3. The lowest BCUT2D eigenvalue weighted by molar-refractivity contribution is 0.122. The van der Waals surface area contributed by atoms with E-state index in [1.807, 2.05) is 12.1 Å². The molecular weight excluding hydrogens is 366 g/mol. The first-order chi connectivity index (χ1) is 14.2. The van der Waals surface area contributed by atoms with Gasteiger partial charge in [0.2, 0.25) is 5.75 Å². The van der Waals surface area contributed by atoms with Gasteiger partial charge in [0.25, 0.3) is 0 Å². The Morgan fingerprint density at radius 3 is 2.07 bits per heavy atom. The largest absolute Gasteiger partial charge is 0.493 e. The van der Waals surface area contributed by atoms with Crippen molar-refractivity contribution in [2.24, 2.45) is 0 Å². The maximum atomic E-state index is 5.48. The quantitative estimate of drug-likeness (QED) is 0.663. The second-order valence-electron chi connectivity index (χ2n) is 7.45. The topological polar surface area (TPSA) is 50.0 Å². The molecule has 1 aliphatic rings. The molecule has 6 nitrogen and oxygen atoms in total. The van der Waals surface area contributed by atoms with Gasteiger partial charge in [0, 0.05) is 56.4 Å². The van der Waals surface area contributed by atoms with Crippen molar-refractivity contribution in [1.82, 2.24) is 14.8 Å². The number of hydrogen-bond donors (Lipinski definition) is 1. The Labute approximate surface area is 172 Å². The number of nitrogens with one attached hydrogen (secondary N) is 1. The molecule has 1 fully saturated rings. The average Bonchev–Trinajstić information content (AvgIpc) is 3.17. The predicted molar refractivity (Wildman–Crippen MR) is 115 cm³/mol. The Balaban J connectivity index is 1.37. The maximum absolute atomic E-state index is 5.48. The highest BCUT2D eigenvalue weighted by Crippen LogP contribution is 2.38. The van der Waals surface area contributed by atoms with Gasteiger partial charge in [0.1, 0.15) is 0 Å². The van der Waals surface area contributed by atoms with E-state index in [0.29, 0.717) is 17.2 Å². The molecule has 0 aliphatic carbocycles. The Kier molecular flexibility index (Phi) is 5.92. The van der Waals surface area contributed by atoms with Crippen LogP contribution in [-0.4, -0.2) is 62.3 Å². The van der Waals surface area contributed by atoms with Crippen molar-refractivity contribution in [2.75, 3.05) is 47.5 Å². The summed E-state index contributed by atoms with van der Waals surface area (Å²) in [5.74, 6) is 2.06. The van der Waals surface area contributed by atoms with Gasteiger partial charge in [-0.2, -0.15) is 0 Å². The third-order valence-corrected chi connectivity index (χ3v) is 5.66. The predicted octanol–water partition coefficient (Wildman–Crippen LogP) is 3.51. The lowest BCUT2D eigenvalue weighted by atomic mass is 10.1. The summed E-state index contributed by atoms with van der Waals surface area (Å²) in [4.78, 5) is 8.39. The van der Waals surface area contributed by atoms with E-state index in [-0.39, 0.29) is 0 Å². The van der Waals surface area contributed by atoms with E-state index >= 15 is 0 Å². The fraction of sp³-hybridized carbons (Fsp3) is 0.391. The third kappa shape index (κ3) is 4.18. The van der Waals surface area contributed by atoms with E-state index in [1.165, 1.54) is 22.0 Å². The monoisotopic (exact) mass is 395 g/mol. The standard InChI is InChI=1S/C23H29N3O3/c1-27-21-12-17(13-22(28-2)23(21)29-3)15-25-8-10-26(11-9-25)16-18-14-24-20-7-5-4-6-19(18)20/h4-7,12-14,24H,8-11,15-16H2,1-3H3. The summed E-state index contributed by atoms with van der Waals surface area (Å²) in [6.07, 6.45) is 2.15. The van der Waals surface area contributed by atoms with E-state index in [4.69, 9.17) is 14.2 Å². The van der Waals surface area contributed by atoms with Crippen molar-refractivity contribution in [3.8, 4) is 17.2 Å². The maximum Gasteiger partial charge on any atom is 0.203 e. The first kappa shape index (κ1) is 19.6. The number of aromatic amines is 1. The van der Waals surface area contributed by atoms with Gasteiger partial charge < -0.3 is 19.2 Å². The SMILES string of the molecule is COc1cc(CN2CCN(Cc3c[nH]c4ccccc34)CC2)cc(OC)c1OC. The highest BCUT2D eigenvalue weighted by molar-refractivity contribution is 5.82. The Hall–Kier alpha value is -2.70. The number of hydrogen-bond acceptors (Lipinski definition) is 5. The van der Waals surface area contributed by atoms with E-state index in [0.717, 1.165) is 39.3 Å². The van der Waals surface area contributed by atoms with Gasteiger partial charge >= 0.3 is 0 Å². The molecule has 0 bridgehead atoms. The summed E-state index contributed by atoms with van der Waals surface area (Å²) in [5, 5.41) is 1.33. The van der Waals surface area contributed by atoms with Gasteiger partial charge in [-0.05, 0) is 29.3 Å². The molecule has 0 radical (unpaired) electrons. The normalized spacial score (nSPS) is 15.6. The number of aromatic nitrogens is 1. The zero-order valence-corrected chi connectivity index (χ0v) is 17.4. The number of ether oxygens (including phenoxy) is 3. The van der Waals surface area contributed by atoms with Crippen LogP contribution in [0.3, 0.4) is 0 Å². The van der Waals surface area contributed by atoms with Crippen LogP contribution in [0.4, 0.5) is 0 Å². The minimum Gasteiger partial charge on any atom is -0.493 e. The van der Waals surface area contributed by atoms with Gasteiger partial charge in [-0.1, -0.05) is 18.2 Å². The average molecular weight is 396 g/mol. The fourth-order valence-electron chi connectivity index (χ4n) is 4.09. The van der Waals surface area contributed by atoms with Crippen LogP contribution in [0.25, 0.3) is 10.9 Å². The van der Waals surface area contributed by atoms with E-state index in [2.05, 4.69) is 45.2 Å². The van der Waals surface area contributed by atoms with Crippen LogP contribution in [-0.2, 0) is 13.1 Å². The second kappa shape index (κ2) is 8.76. The molecule has 0 unspecified atom stereocenters. The van der Waals surface area contributed by atoms with Crippen LogP contribution in [0.2, 0.25) is 0 Å². The molecule has 2 aromatic carbocycles. The lowest BCUT2D eigenvalue weighted by Crippen LogP contribution is -2.45. The first-order valence-electron chi connectivity index (χ1n) is 10.0. The zero-order valence-electron chi connectivity index (χ0n) is 17.4. The molecule has 1 aliphatic heterocycles. The van der Waals surface area contributed by atoms with Crippen molar-refractivity contribution < 1.29 is 14.2 Å². The Morgan fingerprint density at radius 1 is 0.828 bits per heavy atom. The molecule has 2 heterocycles. The van der Waals surface area contributed by atoms with Crippen LogP contribution < -0.4 is 14.2 Å². The molecule has 3 aromatic rings. The molecule has 0 amide bonds. The first-order valence-corrected chi connectivity index (χ1v) is 10.0. The fourth-order valence-corrected chi connectivity index (χ4v) is 4.09. The lowest BCUT2D eigenvalue weighted by Gasteiger charge is -2.34. The molecule has 6 heteroatoms. The highest BCUT2D eigenvalue weighted by Gasteiger charge is 2.20. The van der Waals surface area contributed by atoms with Crippen LogP contribution in [0.1, 0.15) is 11.1 Å². The summed E-state index contributed by atoms with van der Waals surface area (Å²) in [5.41, 5.74) is 3.76. The number of benzene rings is 2. The molecule has 1 aromatic heterocycles. The minimum atomic E-state index is 0.641. The number of fused-ring (bicyclic) bond motifs is 1. The van der Waals surface area contributed by atoms with Gasteiger partial charge in [-0.25, -0.2) is 0 Å².